The first-order valence-corrected chi connectivity index (χ1v) is 11.3. The van der Waals surface area contributed by atoms with E-state index in [2.05, 4.69) is 5.32 Å². The highest BCUT2D eigenvalue weighted by Crippen LogP contribution is 2.42. The van der Waals surface area contributed by atoms with Crippen molar-refractivity contribution in [3.05, 3.63) is 35.9 Å². The van der Waals surface area contributed by atoms with E-state index in [0.29, 0.717) is 0 Å². The molecule has 2 heterocycles. The molecule has 1 aromatic carbocycles. The van der Waals surface area contributed by atoms with Gasteiger partial charge < -0.3 is 19.7 Å². The van der Waals surface area contributed by atoms with Crippen LogP contribution in [0, 0.1) is 11.3 Å². The molecule has 10 heteroatoms. The lowest BCUT2D eigenvalue weighted by Crippen LogP contribution is -2.48. The molecule has 2 atom stereocenters. The number of nitrogens with zero attached hydrogens (tertiary/aromatic N) is 2. The van der Waals surface area contributed by atoms with Crippen molar-refractivity contribution in [2.45, 2.75) is 58.8 Å². The SMILES string of the molecule is CC(C)(C)OC(=O)C(C)(C)CNC(=O)N1C[C@@H]2[C@H](C1)N(C(=O)OCc1ccccc1)CC2(F)F. The van der Waals surface area contributed by atoms with E-state index >= 15 is 0 Å². The number of urea groups is 1. The first kappa shape index (κ1) is 25.7. The third-order valence-electron chi connectivity index (χ3n) is 5.97. The Morgan fingerprint density at radius 2 is 1.74 bits per heavy atom. The van der Waals surface area contributed by atoms with Gasteiger partial charge in [0.05, 0.1) is 23.9 Å². The van der Waals surface area contributed by atoms with E-state index in [0.717, 1.165) is 10.5 Å². The van der Waals surface area contributed by atoms with Crippen molar-refractivity contribution in [3.8, 4) is 0 Å². The topological polar surface area (TPSA) is 88.2 Å². The Balaban J connectivity index is 1.58. The zero-order chi connectivity index (χ0) is 25.3. The maximum Gasteiger partial charge on any atom is 0.410 e. The highest BCUT2D eigenvalue weighted by Gasteiger charge is 2.60. The van der Waals surface area contributed by atoms with Gasteiger partial charge in [-0.25, -0.2) is 18.4 Å². The maximum atomic E-state index is 14.7. The number of rotatable bonds is 5. The van der Waals surface area contributed by atoms with E-state index < -0.39 is 53.5 Å². The number of likely N-dealkylation sites (tertiary alicyclic amines) is 2. The van der Waals surface area contributed by atoms with Crippen LogP contribution in [0.3, 0.4) is 0 Å². The predicted octanol–water partition coefficient (Wildman–Crippen LogP) is 3.65. The number of fused-ring (bicyclic) bond motifs is 1. The van der Waals surface area contributed by atoms with Gasteiger partial charge in [0.15, 0.2) is 0 Å². The first-order chi connectivity index (χ1) is 15.7. The Morgan fingerprint density at radius 3 is 2.35 bits per heavy atom. The van der Waals surface area contributed by atoms with E-state index in [-0.39, 0.29) is 26.2 Å². The van der Waals surface area contributed by atoms with Crippen molar-refractivity contribution < 1.29 is 32.6 Å². The third-order valence-corrected chi connectivity index (χ3v) is 5.97. The van der Waals surface area contributed by atoms with Crippen LogP contribution in [0.25, 0.3) is 0 Å². The monoisotopic (exact) mass is 481 g/mol. The van der Waals surface area contributed by atoms with Gasteiger partial charge in [-0.1, -0.05) is 30.3 Å². The second-order valence-electron chi connectivity index (χ2n) is 10.6. The second-order valence-corrected chi connectivity index (χ2v) is 10.6. The fraction of sp³-hybridized carbons (Fsp3) is 0.625. The number of alkyl halides is 2. The fourth-order valence-electron chi connectivity index (χ4n) is 4.04. The molecule has 1 aromatic rings. The number of benzene rings is 1. The molecule has 2 fully saturated rings. The lowest BCUT2D eigenvalue weighted by atomic mass is 9.93. The molecule has 0 spiro atoms. The second kappa shape index (κ2) is 9.38. The minimum absolute atomic E-state index is 0.0220. The molecule has 0 radical (unpaired) electrons. The number of hydrogen-bond donors (Lipinski definition) is 1. The Morgan fingerprint density at radius 1 is 1.09 bits per heavy atom. The average molecular weight is 482 g/mol. The van der Waals surface area contributed by atoms with Crippen LogP contribution < -0.4 is 5.32 Å². The summed E-state index contributed by atoms with van der Waals surface area (Å²) in [6, 6.07) is 7.54. The molecule has 2 aliphatic heterocycles. The van der Waals surface area contributed by atoms with E-state index in [4.69, 9.17) is 9.47 Å². The normalized spacial score (nSPS) is 21.7. The van der Waals surface area contributed by atoms with Gasteiger partial charge in [-0.3, -0.25) is 9.69 Å². The zero-order valence-electron chi connectivity index (χ0n) is 20.3. The summed E-state index contributed by atoms with van der Waals surface area (Å²) in [5.41, 5.74) is -0.927. The Kier molecular flexibility index (Phi) is 7.10. The number of nitrogens with one attached hydrogen (secondary N) is 1. The number of halogens is 2. The first-order valence-electron chi connectivity index (χ1n) is 11.3. The van der Waals surface area contributed by atoms with E-state index in [1.807, 2.05) is 6.07 Å². The van der Waals surface area contributed by atoms with Gasteiger partial charge in [0, 0.05) is 19.6 Å². The van der Waals surface area contributed by atoms with Crippen LogP contribution in [-0.2, 0) is 20.9 Å². The van der Waals surface area contributed by atoms with Gasteiger partial charge in [-0.05, 0) is 40.2 Å². The summed E-state index contributed by atoms with van der Waals surface area (Å²) in [4.78, 5) is 40.0. The summed E-state index contributed by atoms with van der Waals surface area (Å²) in [7, 11) is 0. The summed E-state index contributed by atoms with van der Waals surface area (Å²) in [6.45, 7) is 7.50. The molecule has 0 aromatic heterocycles. The summed E-state index contributed by atoms with van der Waals surface area (Å²) >= 11 is 0. The summed E-state index contributed by atoms with van der Waals surface area (Å²) in [5.74, 6) is -4.79. The molecule has 2 saturated heterocycles. The minimum Gasteiger partial charge on any atom is -0.460 e. The van der Waals surface area contributed by atoms with E-state index in [1.54, 1.807) is 58.9 Å². The quantitative estimate of drug-likeness (QED) is 0.649. The molecule has 0 bridgehead atoms. The molecule has 2 aliphatic rings. The molecular formula is C24H33F2N3O5. The number of esters is 1. The van der Waals surface area contributed by atoms with Gasteiger partial charge in [0.1, 0.15) is 12.2 Å². The van der Waals surface area contributed by atoms with Crippen LogP contribution in [-0.4, -0.2) is 71.6 Å². The van der Waals surface area contributed by atoms with Crippen LogP contribution in [0.4, 0.5) is 18.4 Å². The standard InChI is InChI=1S/C24H33F2N3O5/c1-22(2,3)34-19(30)23(4,5)14-27-20(31)28-11-17-18(12-28)29(15-24(17,25)26)21(32)33-13-16-9-7-6-8-10-16/h6-10,17-18H,11-15H2,1-5H3,(H,27,31)/t17-,18+/m1/s1. The summed E-state index contributed by atoms with van der Waals surface area (Å²) in [5, 5.41) is 2.65. The third kappa shape index (κ3) is 5.95. The molecule has 3 amide bonds. The molecule has 0 unspecified atom stereocenters. The largest absolute Gasteiger partial charge is 0.460 e. The smallest absolute Gasteiger partial charge is 0.410 e. The lowest BCUT2D eigenvalue weighted by Gasteiger charge is -2.29. The number of ether oxygens (including phenoxy) is 2. The maximum absolute atomic E-state index is 14.7. The van der Waals surface area contributed by atoms with Crippen LogP contribution in [0.1, 0.15) is 40.2 Å². The van der Waals surface area contributed by atoms with Gasteiger partial charge >= 0.3 is 18.1 Å². The predicted molar refractivity (Wildman–Crippen MR) is 120 cm³/mol. The number of carbonyl (C=O) groups excluding carboxylic acids is 3. The van der Waals surface area contributed by atoms with Crippen LogP contribution >= 0.6 is 0 Å². The minimum atomic E-state index is -3.14. The Labute approximate surface area is 198 Å². The summed E-state index contributed by atoms with van der Waals surface area (Å²) < 4.78 is 40.0. The van der Waals surface area contributed by atoms with Crippen LogP contribution in [0.2, 0.25) is 0 Å². The molecular weight excluding hydrogens is 448 g/mol. The number of hydrogen-bond acceptors (Lipinski definition) is 5. The fourth-order valence-corrected chi connectivity index (χ4v) is 4.04. The average Bonchev–Trinajstić information content (AvgIpc) is 3.29. The van der Waals surface area contributed by atoms with E-state index in [9.17, 15) is 23.2 Å². The van der Waals surface area contributed by atoms with Crippen LogP contribution in [0.5, 0.6) is 0 Å². The molecule has 34 heavy (non-hydrogen) atoms. The highest BCUT2D eigenvalue weighted by molar-refractivity contribution is 5.79. The van der Waals surface area contributed by atoms with Crippen molar-refractivity contribution in [2.75, 3.05) is 26.2 Å². The van der Waals surface area contributed by atoms with Gasteiger partial charge in [-0.15, -0.1) is 0 Å². The summed E-state index contributed by atoms with van der Waals surface area (Å²) in [6.07, 6.45) is -0.829. The Hall–Kier alpha value is -2.91. The van der Waals surface area contributed by atoms with Crippen molar-refractivity contribution in [2.24, 2.45) is 11.3 Å². The van der Waals surface area contributed by atoms with Gasteiger partial charge in [0.25, 0.3) is 5.92 Å². The zero-order valence-corrected chi connectivity index (χ0v) is 20.3. The lowest BCUT2D eigenvalue weighted by molar-refractivity contribution is -0.165. The van der Waals surface area contributed by atoms with Crippen LogP contribution in [0.15, 0.2) is 30.3 Å². The molecule has 188 valence electrons. The molecule has 0 saturated carbocycles. The van der Waals surface area contributed by atoms with Crippen molar-refractivity contribution >= 4 is 18.1 Å². The molecule has 1 N–H and O–H groups in total. The Bertz CT molecular complexity index is 917. The number of carbonyl (C=O) groups is 3. The molecule has 8 nitrogen and oxygen atoms in total. The number of amides is 3. The van der Waals surface area contributed by atoms with Crippen molar-refractivity contribution in [1.29, 1.82) is 0 Å². The molecule has 0 aliphatic carbocycles. The van der Waals surface area contributed by atoms with E-state index in [1.165, 1.54) is 4.90 Å². The highest BCUT2D eigenvalue weighted by atomic mass is 19.3. The van der Waals surface area contributed by atoms with Gasteiger partial charge in [0.2, 0.25) is 0 Å². The van der Waals surface area contributed by atoms with Crippen molar-refractivity contribution in [1.82, 2.24) is 15.1 Å². The van der Waals surface area contributed by atoms with Crippen molar-refractivity contribution in [3.63, 3.8) is 0 Å². The molecule has 3 rings (SSSR count). The van der Waals surface area contributed by atoms with Gasteiger partial charge in [-0.2, -0.15) is 0 Å².